The van der Waals surface area contributed by atoms with Crippen molar-refractivity contribution in [2.24, 2.45) is 12.1 Å². The van der Waals surface area contributed by atoms with Crippen LogP contribution in [0.15, 0.2) is 64.6 Å². The summed E-state index contributed by atoms with van der Waals surface area (Å²) in [6.45, 7) is -0.125. The van der Waals surface area contributed by atoms with Gasteiger partial charge in [-0.15, -0.1) is 5.10 Å². The molecule has 0 aliphatic rings. The van der Waals surface area contributed by atoms with Crippen LogP contribution >= 0.6 is 11.3 Å². The minimum atomic E-state index is -0.374. The first-order valence-electron chi connectivity index (χ1n) is 7.95. The van der Waals surface area contributed by atoms with Crippen LogP contribution in [0, 0.1) is 0 Å². The van der Waals surface area contributed by atoms with Gasteiger partial charge in [0.15, 0.2) is 0 Å². The van der Waals surface area contributed by atoms with Gasteiger partial charge in [-0.05, 0) is 24.3 Å². The molecule has 1 N–H and O–H groups in total. The van der Waals surface area contributed by atoms with Crippen molar-refractivity contribution in [1.82, 2.24) is 19.5 Å². The molecule has 0 saturated heterocycles. The predicted molar refractivity (Wildman–Crippen MR) is 101 cm³/mol. The van der Waals surface area contributed by atoms with Crippen molar-refractivity contribution < 1.29 is 4.79 Å². The summed E-state index contributed by atoms with van der Waals surface area (Å²) in [6.07, 6.45) is 1.22. The van der Waals surface area contributed by atoms with Gasteiger partial charge in [0.1, 0.15) is 6.54 Å². The monoisotopic (exact) mass is 365 g/mol. The van der Waals surface area contributed by atoms with E-state index in [0.717, 1.165) is 10.2 Å². The van der Waals surface area contributed by atoms with E-state index in [2.05, 4.69) is 15.5 Å². The zero-order valence-corrected chi connectivity index (χ0v) is 14.7. The molecule has 0 aliphatic carbocycles. The highest BCUT2D eigenvalue weighted by atomic mass is 32.1. The van der Waals surface area contributed by atoms with Crippen molar-refractivity contribution in [3.8, 4) is 0 Å². The standard InChI is InChI=1S/C18H15N5O2S/c1-22-14-8-4-5-9-15(14)26-18(22)21-20-16(24)11-23-13-7-3-2-6-12(13)19-10-17(23)25/h2-10H,11H2,1H3,(H,20,24)/b21-18-. The third kappa shape index (κ3) is 2.91. The Bertz CT molecular complexity index is 1250. The maximum Gasteiger partial charge on any atom is 0.269 e. The minimum Gasteiger partial charge on any atom is -0.318 e. The number of thiazole rings is 1. The Morgan fingerprint density at radius 2 is 1.88 bits per heavy atom. The number of rotatable bonds is 3. The molecular weight excluding hydrogens is 350 g/mol. The van der Waals surface area contributed by atoms with E-state index >= 15 is 0 Å². The number of fused-ring (bicyclic) bond motifs is 2. The maximum absolute atomic E-state index is 12.3. The number of aromatic nitrogens is 3. The summed E-state index contributed by atoms with van der Waals surface area (Å²) in [5, 5.41) is 4.20. The lowest BCUT2D eigenvalue weighted by Crippen LogP contribution is -2.31. The van der Waals surface area contributed by atoms with Crippen LogP contribution in [0.4, 0.5) is 0 Å². The molecule has 7 nitrogen and oxygen atoms in total. The number of carbonyl (C=O) groups is 1. The Labute approximate surface area is 151 Å². The molecule has 0 saturated carbocycles. The summed E-state index contributed by atoms with van der Waals surface area (Å²) in [4.78, 5) is 29.2. The number of nitrogens with one attached hydrogen (secondary N) is 1. The van der Waals surface area contributed by atoms with Crippen molar-refractivity contribution >= 4 is 38.5 Å². The van der Waals surface area contributed by atoms with Gasteiger partial charge in [-0.1, -0.05) is 35.6 Å². The molecule has 8 heteroatoms. The van der Waals surface area contributed by atoms with E-state index in [4.69, 9.17) is 0 Å². The molecule has 0 radical (unpaired) electrons. The van der Waals surface area contributed by atoms with E-state index in [9.17, 15) is 9.59 Å². The quantitative estimate of drug-likeness (QED) is 0.560. The van der Waals surface area contributed by atoms with E-state index in [1.807, 2.05) is 41.9 Å². The topological polar surface area (TPSA) is 81.3 Å². The van der Waals surface area contributed by atoms with Gasteiger partial charge >= 0.3 is 0 Å². The van der Waals surface area contributed by atoms with Crippen molar-refractivity contribution in [3.63, 3.8) is 0 Å². The molecule has 0 atom stereocenters. The molecule has 0 bridgehead atoms. The van der Waals surface area contributed by atoms with E-state index in [1.165, 1.54) is 22.1 Å². The van der Waals surface area contributed by atoms with Crippen LogP contribution in [0.5, 0.6) is 0 Å². The second kappa shape index (κ2) is 6.57. The molecule has 2 aromatic heterocycles. The summed E-state index contributed by atoms with van der Waals surface area (Å²) >= 11 is 1.48. The highest BCUT2D eigenvalue weighted by Gasteiger charge is 2.09. The van der Waals surface area contributed by atoms with Gasteiger partial charge in [-0.3, -0.25) is 14.2 Å². The van der Waals surface area contributed by atoms with Gasteiger partial charge in [-0.25, -0.2) is 10.4 Å². The van der Waals surface area contributed by atoms with Crippen LogP contribution in [-0.2, 0) is 18.4 Å². The molecule has 4 rings (SSSR count). The largest absolute Gasteiger partial charge is 0.318 e. The average molecular weight is 365 g/mol. The first-order chi connectivity index (χ1) is 12.6. The van der Waals surface area contributed by atoms with E-state index in [0.29, 0.717) is 15.8 Å². The van der Waals surface area contributed by atoms with Crippen molar-refractivity contribution in [3.05, 3.63) is 69.9 Å². The second-order valence-electron chi connectivity index (χ2n) is 5.73. The Balaban J connectivity index is 1.63. The first kappa shape index (κ1) is 16.2. The molecule has 2 aromatic carbocycles. The summed E-state index contributed by atoms with van der Waals surface area (Å²) < 4.78 is 4.38. The number of carbonyl (C=O) groups excluding carboxylic acids is 1. The lowest BCUT2D eigenvalue weighted by Gasteiger charge is -2.07. The Morgan fingerprint density at radius 1 is 1.15 bits per heavy atom. The van der Waals surface area contributed by atoms with E-state index in [1.54, 1.807) is 18.2 Å². The number of hydrogen-bond acceptors (Lipinski definition) is 5. The highest BCUT2D eigenvalue weighted by Crippen LogP contribution is 2.14. The van der Waals surface area contributed by atoms with Gasteiger partial charge in [0.25, 0.3) is 11.5 Å². The zero-order chi connectivity index (χ0) is 18.1. The van der Waals surface area contributed by atoms with Gasteiger partial charge < -0.3 is 4.57 Å². The lowest BCUT2D eigenvalue weighted by molar-refractivity contribution is -0.121. The van der Waals surface area contributed by atoms with Crippen molar-refractivity contribution in [2.45, 2.75) is 6.54 Å². The smallest absolute Gasteiger partial charge is 0.269 e. The van der Waals surface area contributed by atoms with Crippen LogP contribution in [-0.4, -0.2) is 20.0 Å². The number of amides is 1. The number of nitrogens with zero attached hydrogens (tertiary/aromatic N) is 4. The minimum absolute atomic E-state index is 0.125. The fourth-order valence-corrected chi connectivity index (χ4v) is 3.73. The molecule has 4 aromatic rings. The molecular formula is C18H15N5O2S. The first-order valence-corrected chi connectivity index (χ1v) is 8.77. The molecule has 2 heterocycles. The van der Waals surface area contributed by atoms with Crippen LogP contribution in [0.1, 0.15) is 0 Å². The summed E-state index contributed by atoms with van der Waals surface area (Å²) in [5.41, 5.74) is 4.53. The second-order valence-corrected chi connectivity index (χ2v) is 6.74. The van der Waals surface area contributed by atoms with Crippen LogP contribution < -0.4 is 15.8 Å². The fourth-order valence-electron chi connectivity index (χ4n) is 2.76. The highest BCUT2D eigenvalue weighted by molar-refractivity contribution is 7.16. The number of benzene rings is 2. The van der Waals surface area contributed by atoms with Crippen LogP contribution in [0.2, 0.25) is 0 Å². The number of para-hydroxylation sites is 3. The van der Waals surface area contributed by atoms with Crippen LogP contribution in [0.25, 0.3) is 21.3 Å². The van der Waals surface area contributed by atoms with E-state index in [-0.39, 0.29) is 18.0 Å². The third-order valence-corrected chi connectivity index (χ3v) is 5.16. The maximum atomic E-state index is 12.3. The molecule has 0 fully saturated rings. The summed E-state index contributed by atoms with van der Waals surface area (Å²) in [7, 11) is 1.89. The summed E-state index contributed by atoms with van der Waals surface area (Å²) in [6, 6.07) is 15.1. The van der Waals surface area contributed by atoms with E-state index < -0.39 is 0 Å². The lowest BCUT2D eigenvalue weighted by atomic mass is 10.3. The average Bonchev–Trinajstić information content (AvgIpc) is 2.99. The normalized spacial score (nSPS) is 12.0. The van der Waals surface area contributed by atoms with Gasteiger partial charge in [-0.2, -0.15) is 0 Å². The van der Waals surface area contributed by atoms with Crippen molar-refractivity contribution in [2.75, 3.05) is 0 Å². The third-order valence-electron chi connectivity index (χ3n) is 4.05. The Morgan fingerprint density at radius 3 is 2.69 bits per heavy atom. The molecule has 1 amide bonds. The van der Waals surface area contributed by atoms with Gasteiger partial charge in [0, 0.05) is 7.05 Å². The van der Waals surface area contributed by atoms with Crippen molar-refractivity contribution in [1.29, 1.82) is 0 Å². The van der Waals surface area contributed by atoms with Gasteiger partial charge in [0.2, 0.25) is 4.80 Å². The fraction of sp³-hybridized carbons (Fsp3) is 0.111. The number of hydrogen-bond donors (Lipinski definition) is 1. The molecule has 0 spiro atoms. The van der Waals surface area contributed by atoms with Crippen LogP contribution in [0.3, 0.4) is 0 Å². The molecule has 130 valence electrons. The summed E-state index contributed by atoms with van der Waals surface area (Å²) in [5.74, 6) is -0.374. The Kier molecular flexibility index (Phi) is 4.10. The molecule has 0 aliphatic heterocycles. The van der Waals surface area contributed by atoms with Gasteiger partial charge in [0.05, 0.1) is 27.4 Å². The Hall–Kier alpha value is -3.26. The SMILES string of the molecule is Cn1/c(=N/NC(=O)Cn2c(=O)cnc3ccccc32)sc2ccccc21. The predicted octanol–water partition coefficient (Wildman–Crippen LogP) is 1.58. The molecule has 0 unspecified atom stereocenters. The number of aryl methyl sites for hydroxylation is 1. The zero-order valence-electron chi connectivity index (χ0n) is 13.9. The molecule has 26 heavy (non-hydrogen) atoms.